The molecule has 0 radical (unpaired) electrons. The summed E-state index contributed by atoms with van der Waals surface area (Å²) in [6, 6.07) is 9.78. The average molecular weight is 340 g/mol. The molecule has 0 aliphatic heterocycles. The van der Waals surface area contributed by atoms with Crippen molar-refractivity contribution in [3.8, 4) is 11.5 Å². The van der Waals surface area contributed by atoms with E-state index in [0.29, 0.717) is 16.0 Å². The van der Waals surface area contributed by atoms with Crippen LogP contribution in [0.1, 0.15) is 17.2 Å². The third-order valence-electron chi connectivity index (χ3n) is 3.04. The monoisotopic (exact) mass is 339 g/mol. The lowest BCUT2D eigenvalue weighted by Crippen LogP contribution is -2.12. The maximum Gasteiger partial charge on any atom is 0.137 e. The molecule has 0 saturated heterocycles. The van der Waals surface area contributed by atoms with Crippen molar-refractivity contribution in [3.05, 3.63) is 57.8 Å². The highest BCUT2D eigenvalue weighted by atomic mass is 79.9. The molecule has 2 rings (SSSR count). The predicted octanol–water partition coefficient (Wildman–Crippen LogP) is 3.65. The lowest BCUT2D eigenvalue weighted by molar-refractivity contribution is 0.393. The smallest absolute Gasteiger partial charge is 0.137 e. The van der Waals surface area contributed by atoms with Gasteiger partial charge in [-0.05, 0) is 51.3 Å². The van der Waals surface area contributed by atoms with Crippen molar-refractivity contribution in [2.24, 2.45) is 5.73 Å². The van der Waals surface area contributed by atoms with Crippen molar-refractivity contribution in [1.29, 1.82) is 0 Å². The summed E-state index contributed by atoms with van der Waals surface area (Å²) < 4.78 is 24.1. The highest BCUT2D eigenvalue weighted by molar-refractivity contribution is 9.10. The third-order valence-corrected chi connectivity index (χ3v) is 3.64. The second-order valence-corrected chi connectivity index (χ2v) is 5.15. The zero-order valence-corrected chi connectivity index (χ0v) is 12.8. The highest BCUT2D eigenvalue weighted by Gasteiger charge is 2.13. The van der Waals surface area contributed by atoms with Crippen LogP contribution < -0.4 is 15.2 Å². The van der Waals surface area contributed by atoms with Gasteiger partial charge in [-0.15, -0.1) is 0 Å². The maximum atomic E-state index is 13.3. The molecule has 1 unspecified atom stereocenters. The minimum absolute atomic E-state index is 0.316. The topological polar surface area (TPSA) is 44.5 Å². The van der Waals surface area contributed by atoms with Crippen LogP contribution in [0, 0.1) is 5.82 Å². The molecular weight excluding hydrogens is 325 g/mol. The van der Waals surface area contributed by atoms with Crippen molar-refractivity contribution in [2.45, 2.75) is 6.04 Å². The number of nitrogens with two attached hydrogens (primary N) is 1. The van der Waals surface area contributed by atoms with E-state index in [4.69, 9.17) is 15.2 Å². The van der Waals surface area contributed by atoms with Gasteiger partial charge in [0.1, 0.15) is 17.3 Å². The first-order chi connectivity index (χ1) is 9.55. The number of hydrogen-bond donors (Lipinski definition) is 1. The average Bonchev–Trinajstić information content (AvgIpc) is 2.48. The molecule has 2 aromatic carbocycles. The molecule has 2 N–H and O–H groups in total. The quantitative estimate of drug-likeness (QED) is 0.924. The maximum absolute atomic E-state index is 13.3. The summed E-state index contributed by atoms with van der Waals surface area (Å²) in [5.41, 5.74) is 7.86. The molecule has 0 bridgehead atoms. The van der Waals surface area contributed by atoms with E-state index in [9.17, 15) is 4.39 Å². The first kappa shape index (κ1) is 14.8. The Morgan fingerprint density at radius 1 is 1.00 bits per heavy atom. The molecule has 0 heterocycles. The van der Waals surface area contributed by atoms with Gasteiger partial charge in [-0.3, -0.25) is 0 Å². The molecule has 1 atom stereocenters. The van der Waals surface area contributed by atoms with Gasteiger partial charge in [-0.25, -0.2) is 4.39 Å². The Morgan fingerprint density at radius 2 is 1.60 bits per heavy atom. The highest BCUT2D eigenvalue weighted by Crippen LogP contribution is 2.30. The summed E-state index contributed by atoms with van der Waals surface area (Å²) in [7, 11) is 3.16. The summed E-state index contributed by atoms with van der Waals surface area (Å²) in [4.78, 5) is 0. The van der Waals surface area contributed by atoms with E-state index < -0.39 is 6.04 Å². The third kappa shape index (κ3) is 3.11. The minimum Gasteiger partial charge on any atom is -0.497 e. The first-order valence-corrected chi connectivity index (χ1v) is 6.78. The first-order valence-electron chi connectivity index (χ1n) is 5.98. The van der Waals surface area contributed by atoms with Crippen molar-refractivity contribution in [3.63, 3.8) is 0 Å². The summed E-state index contributed by atoms with van der Waals surface area (Å²) in [6.45, 7) is 0. The summed E-state index contributed by atoms with van der Waals surface area (Å²) in [6.07, 6.45) is 0. The number of rotatable bonds is 4. The van der Waals surface area contributed by atoms with Gasteiger partial charge in [0.25, 0.3) is 0 Å². The van der Waals surface area contributed by atoms with Gasteiger partial charge in [-0.1, -0.05) is 6.07 Å². The standard InChI is InChI=1S/C15H15BrFNO2/c1-19-11-5-10(6-12(8-11)20-2)15(18)9-3-4-14(17)13(16)7-9/h3-8,15H,18H2,1-2H3. The van der Waals surface area contributed by atoms with Crippen LogP contribution in [0.5, 0.6) is 11.5 Å². The van der Waals surface area contributed by atoms with Gasteiger partial charge >= 0.3 is 0 Å². The van der Waals surface area contributed by atoms with Crippen molar-refractivity contribution in [1.82, 2.24) is 0 Å². The lowest BCUT2D eigenvalue weighted by atomic mass is 9.99. The van der Waals surface area contributed by atoms with E-state index in [-0.39, 0.29) is 5.82 Å². The molecule has 0 amide bonds. The second-order valence-electron chi connectivity index (χ2n) is 4.30. The zero-order valence-electron chi connectivity index (χ0n) is 11.2. The van der Waals surface area contributed by atoms with Gasteiger partial charge in [0.15, 0.2) is 0 Å². The number of halogens is 2. The van der Waals surface area contributed by atoms with E-state index in [1.165, 1.54) is 6.07 Å². The Kier molecular flexibility index (Phi) is 4.62. The Morgan fingerprint density at radius 3 is 2.10 bits per heavy atom. The Labute approximate surface area is 125 Å². The van der Waals surface area contributed by atoms with Crippen LogP contribution in [0.4, 0.5) is 4.39 Å². The van der Waals surface area contributed by atoms with E-state index in [1.54, 1.807) is 32.4 Å². The van der Waals surface area contributed by atoms with E-state index in [2.05, 4.69) is 15.9 Å². The largest absolute Gasteiger partial charge is 0.497 e. The molecule has 0 aliphatic rings. The normalized spacial score (nSPS) is 12.1. The zero-order chi connectivity index (χ0) is 14.7. The van der Waals surface area contributed by atoms with Crippen molar-refractivity contribution >= 4 is 15.9 Å². The van der Waals surface area contributed by atoms with Gasteiger partial charge in [0, 0.05) is 6.07 Å². The SMILES string of the molecule is COc1cc(OC)cc(C(N)c2ccc(F)c(Br)c2)c1. The van der Waals surface area contributed by atoms with Crippen LogP contribution in [0.3, 0.4) is 0 Å². The molecule has 3 nitrogen and oxygen atoms in total. The molecule has 0 spiro atoms. The molecule has 0 aliphatic carbocycles. The van der Waals surface area contributed by atoms with Crippen LogP contribution in [0.15, 0.2) is 40.9 Å². The second kappa shape index (κ2) is 6.24. The van der Waals surface area contributed by atoms with Gasteiger partial charge < -0.3 is 15.2 Å². The Balaban J connectivity index is 2.41. The molecule has 0 fully saturated rings. The molecule has 0 saturated carbocycles. The summed E-state index contributed by atoms with van der Waals surface area (Å²) in [5.74, 6) is 1.01. The molecule has 20 heavy (non-hydrogen) atoms. The van der Waals surface area contributed by atoms with Crippen molar-refractivity contribution < 1.29 is 13.9 Å². The fourth-order valence-electron chi connectivity index (χ4n) is 1.91. The van der Waals surface area contributed by atoms with E-state index in [0.717, 1.165) is 11.1 Å². The fraction of sp³-hybridized carbons (Fsp3) is 0.200. The molecule has 106 valence electrons. The summed E-state index contributed by atoms with van der Waals surface area (Å²) in [5, 5.41) is 0. The van der Waals surface area contributed by atoms with Crippen LogP contribution in [-0.4, -0.2) is 14.2 Å². The Bertz CT molecular complexity index is 597. The predicted molar refractivity (Wildman–Crippen MR) is 79.7 cm³/mol. The number of benzene rings is 2. The van der Waals surface area contributed by atoms with E-state index in [1.807, 2.05) is 12.1 Å². The number of hydrogen-bond acceptors (Lipinski definition) is 3. The van der Waals surface area contributed by atoms with Crippen LogP contribution in [-0.2, 0) is 0 Å². The van der Waals surface area contributed by atoms with Crippen molar-refractivity contribution in [2.75, 3.05) is 14.2 Å². The number of ether oxygens (including phenoxy) is 2. The minimum atomic E-state index is -0.393. The number of methoxy groups -OCH3 is 2. The van der Waals surface area contributed by atoms with Gasteiger partial charge in [0.2, 0.25) is 0 Å². The van der Waals surface area contributed by atoms with E-state index >= 15 is 0 Å². The molecular formula is C15H15BrFNO2. The van der Waals surface area contributed by atoms with Crippen LogP contribution >= 0.6 is 15.9 Å². The van der Waals surface area contributed by atoms with Gasteiger partial charge in [-0.2, -0.15) is 0 Å². The van der Waals surface area contributed by atoms with Crippen LogP contribution in [0.2, 0.25) is 0 Å². The Hall–Kier alpha value is -1.59. The fourth-order valence-corrected chi connectivity index (χ4v) is 2.30. The summed E-state index contributed by atoms with van der Waals surface area (Å²) >= 11 is 3.16. The van der Waals surface area contributed by atoms with Gasteiger partial charge in [0.05, 0.1) is 24.7 Å². The lowest BCUT2D eigenvalue weighted by Gasteiger charge is -2.15. The molecule has 0 aromatic heterocycles. The molecule has 2 aromatic rings. The van der Waals surface area contributed by atoms with Crippen LogP contribution in [0.25, 0.3) is 0 Å². The molecule has 5 heteroatoms.